The summed E-state index contributed by atoms with van der Waals surface area (Å²) in [6.07, 6.45) is 56.2. The summed E-state index contributed by atoms with van der Waals surface area (Å²) in [6, 6.07) is -0.827. The second kappa shape index (κ2) is 47.8. The van der Waals surface area contributed by atoms with E-state index in [0.717, 1.165) is 51.4 Å². The summed E-state index contributed by atoms with van der Waals surface area (Å²) in [5.74, 6) is -0.190. The molecule has 1 saturated heterocycles. The second-order valence-electron chi connectivity index (χ2n) is 19.7. The van der Waals surface area contributed by atoms with Crippen LogP contribution in [-0.4, -0.2) is 87.5 Å². The SMILES string of the molecule is CCCCCC/C=C/CC/C=C/CC/C=C/C(O)C(COC1OC(CO)C(O)C(O)C1O)NC(=O)CCCCCCCCCCCCCCCC/C=C\CCCCCCCCCCCCCC. The Bertz CT molecular complexity index is 1190. The number of hydrogen-bond donors (Lipinski definition) is 6. The standard InChI is InChI=1S/C58H107NO8/c1-3-5-7-9-11-13-15-17-19-20-21-22-23-24-25-26-27-28-29-30-31-32-33-34-36-38-40-42-44-46-48-54(62)59-51(50-66-58-57(65)56(64)55(63)53(49-60)67-58)52(61)47-45-43-41-39-37-35-18-16-14-12-10-8-6-4-2/h14,16,24-25,37,39,45,47,51-53,55-58,60-61,63-65H,3-13,15,17-23,26-36,38,40-44,46,48-50H2,1-2H3,(H,59,62)/b16-14+,25-24-,39-37+,47-45+. The molecule has 6 N–H and O–H groups in total. The first-order valence-electron chi connectivity index (χ1n) is 28.4. The minimum Gasteiger partial charge on any atom is -0.394 e. The fraction of sp³-hybridized carbons (Fsp3) is 0.845. The Balaban J connectivity index is 2.17. The number of unbranched alkanes of at least 4 members (excludes halogenated alkanes) is 32. The molecule has 1 fully saturated rings. The fourth-order valence-corrected chi connectivity index (χ4v) is 8.83. The minimum absolute atomic E-state index is 0.190. The average molecular weight is 946 g/mol. The van der Waals surface area contributed by atoms with Gasteiger partial charge in [0.2, 0.25) is 5.91 Å². The summed E-state index contributed by atoms with van der Waals surface area (Å²) in [5, 5.41) is 54.3. The van der Waals surface area contributed by atoms with Gasteiger partial charge in [-0.1, -0.05) is 229 Å². The van der Waals surface area contributed by atoms with Crippen molar-refractivity contribution in [2.24, 2.45) is 0 Å². The number of carbonyl (C=O) groups excluding carboxylic acids is 1. The van der Waals surface area contributed by atoms with E-state index >= 15 is 0 Å². The molecule has 0 aromatic heterocycles. The lowest BCUT2D eigenvalue weighted by molar-refractivity contribution is -0.302. The van der Waals surface area contributed by atoms with Crippen LogP contribution in [0.5, 0.6) is 0 Å². The lowest BCUT2D eigenvalue weighted by Gasteiger charge is -2.40. The van der Waals surface area contributed by atoms with E-state index in [1.165, 1.54) is 186 Å². The minimum atomic E-state index is -1.57. The Hall–Kier alpha value is -1.85. The van der Waals surface area contributed by atoms with Crippen molar-refractivity contribution in [3.63, 3.8) is 0 Å². The van der Waals surface area contributed by atoms with E-state index in [4.69, 9.17) is 9.47 Å². The van der Waals surface area contributed by atoms with E-state index in [-0.39, 0.29) is 12.5 Å². The zero-order valence-electron chi connectivity index (χ0n) is 43.4. The van der Waals surface area contributed by atoms with Crippen molar-refractivity contribution in [2.75, 3.05) is 13.2 Å². The molecule has 0 spiro atoms. The molecule has 0 aliphatic carbocycles. The molecule has 7 unspecified atom stereocenters. The number of allylic oxidation sites excluding steroid dienone is 7. The lowest BCUT2D eigenvalue weighted by atomic mass is 9.99. The lowest BCUT2D eigenvalue weighted by Crippen LogP contribution is -2.60. The van der Waals surface area contributed by atoms with Crippen LogP contribution in [0.3, 0.4) is 0 Å². The molecule has 0 saturated carbocycles. The molecule has 9 nitrogen and oxygen atoms in total. The van der Waals surface area contributed by atoms with Gasteiger partial charge in [0.1, 0.15) is 24.4 Å². The van der Waals surface area contributed by atoms with Crippen LogP contribution < -0.4 is 5.32 Å². The molecule has 1 aliphatic heterocycles. The Labute approximate surface area is 412 Å². The van der Waals surface area contributed by atoms with Crippen LogP contribution in [0.4, 0.5) is 0 Å². The number of carbonyl (C=O) groups is 1. The van der Waals surface area contributed by atoms with Crippen LogP contribution in [0.15, 0.2) is 48.6 Å². The van der Waals surface area contributed by atoms with Gasteiger partial charge in [0.15, 0.2) is 6.29 Å². The number of ether oxygens (including phenoxy) is 2. The van der Waals surface area contributed by atoms with Gasteiger partial charge in [0.05, 0.1) is 25.4 Å². The molecule has 1 heterocycles. The topological polar surface area (TPSA) is 149 Å². The number of amides is 1. The van der Waals surface area contributed by atoms with Gasteiger partial charge in [-0.05, 0) is 70.6 Å². The second-order valence-corrected chi connectivity index (χ2v) is 19.7. The zero-order valence-corrected chi connectivity index (χ0v) is 43.4. The van der Waals surface area contributed by atoms with Gasteiger partial charge in [-0.2, -0.15) is 0 Å². The molecule has 0 aromatic carbocycles. The summed E-state index contributed by atoms with van der Waals surface area (Å²) in [7, 11) is 0. The number of aliphatic hydroxyl groups is 5. The van der Waals surface area contributed by atoms with Gasteiger partial charge in [0.25, 0.3) is 0 Å². The first kappa shape index (κ1) is 63.2. The first-order chi connectivity index (χ1) is 32.8. The van der Waals surface area contributed by atoms with Gasteiger partial charge in [-0.3, -0.25) is 4.79 Å². The average Bonchev–Trinajstić information content (AvgIpc) is 3.33. The van der Waals surface area contributed by atoms with E-state index in [1.54, 1.807) is 6.08 Å². The molecule has 0 radical (unpaired) electrons. The highest BCUT2D eigenvalue weighted by atomic mass is 16.7. The van der Waals surface area contributed by atoms with Crippen molar-refractivity contribution in [2.45, 2.75) is 301 Å². The molecule has 1 rings (SSSR count). The quantitative estimate of drug-likeness (QED) is 0.0261. The van der Waals surface area contributed by atoms with Crippen molar-refractivity contribution in [1.82, 2.24) is 5.32 Å². The predicted octanol–water partition coefficient (Wildman–Crippen LogP) is 13.7. The van der Waals surface area contributed by atoms with E-state index < -0.39 is 49.5 Å². The molecule has 7 atom stereocenters. The summed E-state index contributed by atoms with van der Waals surface area (Å²) in [6.45, 7) is 3.75. The van der Waals surface area contributed by atoms with E-state index in [0.29, 0.717) is 6.42 Å². The van der Waals surface area contributed by atoms with Gasteiger partial charge >= 0.3 is 0 Å². The van der Waals surface area contributed by atoms with Crippen molar-refractivity contribution >= 4 is 5.91 Å². The summed E-state index contributed by atoms with van der Waals surface area (Å²) < 4.78 is 11.2. The van der Waals surface area contributed by atoms with Crippen LogP contribution in [0, 0.1) is 0 Å². The predicted molar refractivity (Wildman–Crippen MR) is 281 cm³/mol. The van der Waals surface area contributed by atoms with E-state index in [1.807, 2.05) is 6.08 Å². The number of rotatable bonds is 48. The monoisotopic (exact) mass is 946 g/mol. The smallest absolute Gasteiger partial charge is 0.220 e. The zero-order chi connectivity index (χ0) is 48.7. The first-order valence-corrected chi connectivity index (χ1v) is 28.4. The highest BCUT2D eigenvalue weighted by Crippen LogP contribution is 2.23. The van der Waals surface area contributed by atoms with Crippen molar-refractivity contribution in [3.05, 3.63) is 48.6 Å². The maximum absolute atomic E-state index is 13.0. The van der Waals surface area contributed by atoms with Crippen molar-refractivity contribution < 1.29 is 39.8 Å². The van der Waals surface area contributed by atoms with Gasteiger partial charge < -0.3 is 40.3 Å². The highest BCUT2D eigenvalue weighted by Gasteiger charge is 2.44. The van der Waals surface area contributed by atoms with Crippen LogP contribution >= 0.6 is 0 Å². The highest BCUT2D eigenvalue weighted by molar-refractivity contribution is 5.76. The number of nitrogens with one attached hydrogen (secondary N) is 1. The molecule has 392 valence electrons. The van der Waals surface area contributed by atoms with E-state index in [9.17, 15) is 30.3 Å². The van der Waals surface area contributed by atoms with Crippen LogP contribution in [0.1, 0.15) is 258 Å². The van der Waals surface area contributed by atoms with E-state index in [2.05, 4.69) is 55.6 Å². The Morgan fingerprint density at radius 1 is 0.493 bits per heavy atom. The molecule has 1 aliphatic rings. The largest absolute Gasteiger partial charge is 0.394 e. The maximum Gasteiger partial charge on any atom is 0.220 e. The molecule has 0 aromatic rings. The van der Waals surface area contributed by atoms with Gasteiger partial charge in [-0.25, -0.2) is 0 Å². The maximum atomic E-state index is 13.0. The normalized spacial score (nSPS) is 20.0. The third kappa shape index (κ3) is 37.6. The van der Waals surface area contributed by atoms with Gasteiger partial charge in [-0.15, -0.1) is 0 Å². The molecule has 1 amide bonds. The Morgan fingerprint density at radius 2 is 0.851 bits per heavy atom. The van der Waals surface area contributed by atoms with Gasteiger partial charge in [0, 0.05) is 6.42 Å². The summed E-state index contributed by atoms with van der Waals surface area (Å²) >= 11 is 0. The van der Waals surface area contributed by atoms with Crippen molar-refractivity contribution in [1.29, 1.82) is 0 Å². The number of aliphatic hydroxyl groups excluding tert-OH is 5. The molecule has 9 heteroatoms. The molecular weight excluding hydrogens is 839 g/mol. The van der Waals surface area contributed by atoms with Crippen molar-refractivity contribution in [3.8, 4) is 0 Å². The third-order valence-electron chi connectivity index (χ3n) is 13.4. The summed E-state index contributed by atoms with van der Waals surface area (Å²) in [4.78, 5) is 13.0. The fourth-order valence-electron chi connectivity index (χ4n) is 8.83. The van der Waals surface area contributed by atoms with Crippen LogP contribution in [0.2, 0.25) is 0 Å². The van der Waals surface area contributed by atoms with Crippen LogP contribution in [0.25, 0.3) is 0 Å². The Morgan fingerprint density at radius 3 is 1.27 bits per heavy atom. The molecular formula is C58H107NO8. The van der Waals surface area contributed by atoms with Crippen LogP contribution in [-0.2, 0) is 14.3 Å². The Kier molecular flexibility index (Phi) is 45.1. The molecule has 0 bridgehead atoms. The summed E-state index contributed by atoms with van der Waals surface area (Å²) in [5.41, 5.74) is 0. The number of hydrogen-bond acceptors (Lipinski definition) is 8. The third-order valence-corrected chi connectivity index (χ3v) is 13.4. The molecule has 67 heavy (non-hydrogen) atoms.